The van der Waals surface area contributed by atoms with E-state index in [2.05, 4.69) is 55.6 Å². The third-order valence-corrected chi connectivity index (χ3v) is 15.8. The van der Waals surface area contributed by atoms with Crippen molar-refractivity contribution in [3.63, 3.8) is 0 Å². The van der Waals surface area contributed by atoms with Crippen LogP contribution in [0.15, 0.2) is 48.6 Å². The number of aliphatic hydroxyl groups is 2. The van der Waals surface area contributed by atoms with Gasteiger partial charge in [0.1, 0.15) is 0 Å². The van der Waals surface area contributed by atoms with Crippen LogP contribution in [0.2, 0.25) is 0 Å². The first-order valence-electron chi connectivity index (χ1n) is 34.4. The molecular formula is C71H133NO5. The van der Waals surface area contributed by atoms with Gasteiger partial charge in [0.2, 0.25) is 5.91 Å². The van der Waals surface area contributed by atoms with Crippen LogP contribution in [0.25, 0.3) is 0 Å². The van der Waals surface area contributed by atoms with Gasteiger partial charge in [-0.25, -0.2) is 0 Å². The smallest absolute Gasteiger partial charge is 0.305 e. The van der Waals surface area contributed by atoms with Crippen LogP contribution in [0.4, 0.5) is 0 Å². The second kappa shape index (κ2) is 66.3. The number of aliphatic hydroxyl groups excluding tert-OH is 2. The van der Waals surface area contributed by atoms with Gasteiger partial charge in [-0.2, -0.15) is 0 Å². The van der Waals surface area contributed by atoms with Crippen molar-refractivity contribution < 1.29 is 24.5 Å². The van der Waals surface area contributed by atoms with E-state index in [9.17, 15) is 19.8 Å². The average Bonchev–Trinajstić information content (AvgIpc) is 3.43. The van der Waals surface area contributed by atoms with Crippen LogP contribution in [0, 0.1) is 0 Å². The van der Waals surface area contributed by atoms with Crippen LogP contribution in [0.1, 0.15) is 367 Å². The molecule has 0 rings (SSSR count). The molecule has 452 valence electrons. The van der Waals surface area contributed by atoms with Crippen molar-refractivity contribution in [3.8, 4) is 0 Å². The second-order valence-electron chi connectivity index (χ2n) is 23.5. The zero-order chi connectivity index (χ0) is 55.7. The van der Waals surface area contributed by atoms with Crippen LogP contribution < -0.4 is 5.32 Å². The Balaban J connectivity index is 3.39. The fraction of sp³-hybridized carbons (Fsp3) is 0.859. The lowest BCUT2D eigenvalue weighted by atomic mass is 10.0. The van der Waals surface area contributed by atoms with Crippen LogP contribution in [0.3, 0.4) is 0 Å². The molecule has 0 aliphatic heterocycles. The van der Waals surface area contributed by atoms with Crippen LogP contribution in [-0.4, -0.2) is 47.4 Å². The molecule has 2 unspecified atom stereocenters. The van der Waals surface area contributed by atoms with Crippen molar-refractivity contribution in [2.45, 2.75) is 379 Å². The summed E-state index contributed by atoms with van der Waals surface area (Å²) in [7, 11) is 0. The molecule has 0 bridgehead atoms. The van der Waals surface area contributed by atoms with E-state index in [4.69, 9.17) is 4.74 Å². The van der Waals surface area contributed by atoms with Crippen molar-refractivity contribution in [1.82, 2.24) is 5.32 Å². The number of hydrogen-bond donors (Lipinski definition) is 3. The minimum atomic E-state index is -0.844. The predicted octanol–water partition coefficient (Wildman–Crippen LogP) is 22.1. The van der Waals surface area contributed by atoms with Gasteiger partial charge in [0.05, 0.1) is 25.4 Å². The molecule has 0 aromatic heterocycles. The molecule has 0 saturated carbocycles. The molecular weight excluding hydrogens is 947 g/mol. The minimum absolute atomic E-state index is 0.00132. The number of hydrogen-bond acceptors (Lipinski definition) is 5. The topological polar surface area (TPSA) is 95.9 Å². The van der Waals surface area contributed by atoms with Gasteiger partial charge < -0.3 is 20.3 Å². The predicted molar refractivity (Wildman–Crippen MR) is 338 cm³/mol. The highest BCUT2D eigenvalue weighted by Crippen LogP contribution is 2.18. The molecule has 0 heterocycles. The summed E-state index contributed by atoms with van der Waals surface area (Å²) in [5.74, 6) is -0.0630. The summed E-state index contributed by atoms with van der Waals surface area (Å²) in [4.78, 5) is 24.5. The van der Waals surface area contributed by atoms with Crippen LogP contribution in [-0.2, 0) is 14.3 Å². The maximum atomic E-state index is 12.5. The maximum Gasteiger partial charge on any atom is 0.305 e. The molecule has 6 heteroatoms. The standard InChI is InChI=1S/C71H133NO5/c1-3-5-7-9-11-13-15-17-18-33-36-40-43-47-51-55-59-63-69(74)68(67-73)72-70(75)64-60-56-52-48-44-41-37-34-31-29-27-25-23-21-19-20-22-24-26-28-30-32-35-38-42-46-50-54-58-62-66-77-71(76)65-61-57-53-49-45-39-16-14-12-10-8-6-4-2/h8,10,14,16,20,22,59,63,68-69,73-74H,3-7,9,11-13,15,17-19,21,23-58,60-62,64-67H2,1-2H3,(H,72,75)/b10-8-,16-14-,22-20-,63-59+. The summed E-state index contributed by atoms with van der Waals surface area (Å²) in [5, 5.41) is 23.2. The third kappa shape index (κ3) is 62.9. The molecule has 2 atom stereocenters. The Morgan fingerprint density at radius 2 is 0.675 bits per heavy atom. The summed E-state index contributed by atoms with van der Waals surface area (Å²) >= 11 is 0. The Kier molecular flexibility index (Phi) is 64.5. The first-order valence-corrected chi connectivity index (χ1v) is 34.4. The van der Waals surface area contributed by atoms with Gasteiger partial charge >= 0.3 is 5.97 Å². The third-order valence-electron chi connectivity index (χ3n) is 15.8. The molecule has 0 aliphatic carbocycles. The van der Waals surface area contributed by atoms with Crippen molar-refractivity contribution >= 4 is 11.9 Å². The molecule has 0 fully saturated rings. The van der Waals surface area contributed by atoms with Gasteiger partial charge in [-0.05, 0) is 83.5 Å². The zero-order valence-electron chi connectivity index (χ0n) is 51.7. The Bertz CT molecular complexity index is 1290. The lowest BCUT2D eigenvalue weighted by molar-refractivity contribution is -0.143. The lowest BCUT2D eigenvalue weighted by Gasteiger charge is -2.20. The zero-order valence-corrected chi connectivity index (χ0v) is 51.7. The largest absolute Gasteiger partial charge is 0.466 e. The van der Waals surface area contributed by atoms with E-state index in [0.29, 0.717) is 19.4 Å². The fourth-order valence-electron chi connectivity index (χ4n) is 10.6. The first-order chi connectivity index (χ1) is 38.0. The summed E-state index contributed by atoms with van der Waals surface area (Å²) in [5.41, 5.74) is 0. The molecule has 77 heavy (non-hydrogen) atoms. The summed E-state index contributed by atoms with van der Waals surface area (Å²) < 4.78 is 5.47. The van der Waals surface area contributed by atoms with Crippen molar-refractivity contribution in [3.05, 3.63) is 48.6 Å². The molecule has 0 aliphatic rings. The number of esters is 1. The van der Waals surface area contributed by atoms with Crippen molar-refractivity contribution in [2.24, 2.45) is 0 Å². The Labute approximate surface area is 480 Å². The molecule has 0 spiro atoms. The van der Waals surface area contributed by atoms with Gasteiger partial charge in [0.25, 0.3) is 0 Å². The monoisotopic (exact) mass is 1080 g/mol. The first kappa shape index (κ1) is 74.8. The summed E-state index contributed by atoms with van der Waals surface area (Å²) in [6.07, 6.45) is 86.1. The minimum Gasteiger partial charge on any atom is -0.466 e. The number of ether oxygens (including phenoxy) is 1. The molecule has 1 amide bonds. The number of carbonyl (C=O) groups excluding carboxylic acids is 2. The maximum absolute atomic E-state index is 12.5. The normalized spacial score (nSPS) is 12.8. The number of carbonyl (C=O) groups is 2. The SMILES string of the molecule is CCC/C=C\C/C=C\CCCCCCCC(=O)OCCCCCCCCCCCCCC/C=C\CCCCCCCCCCCCCCCCC(=O)NC(CO)C(O)/C=C/CCCCCCCCCCCCCCCCC. The second-order valence-corrected chi connectivity index (χ2v) is 23.5. The van der Waals surface area contributed by atoms with Gasteiger partial charge in [0.15, 0.2) is 0 Å². The van der Waals surface area contributed by atoms with Gasteiger partial charge in [-0.3, -0.25) is 9.59 Å². The molecule has 0 radical (unpaired) electrons. The van der Waals surface area contributed by atoms with E-state index >= 15 is 0 Å². The lowest BCUT2D eigenvalue weighted by Crippen LogP contribution is -2.45. The highest BCUT2D eigenvalue weighted by Gasteiger charge is 2.18. The Hall–Kier alpha value is -2.18. The quantitative estimate of drug-likeness (QED) is 0.0320. The van der Waals surface area contributed by atoms with Crippen molar-refractivity contribution in [1.29, 1.82) is 0 Å². The Morgan fingerprint density at radius 3 is 1.05 bits per heavy atom. The summed E-state index contributed by atoms with van der Waals surface area (Å²) in [6.45, 7) is 4.86. The molecule has 3 N–H and O–H groups in total. The van der Waals surface area contributed by atoms with E-state index in [1.165, 1.54) is 289 Å². The van der Waals surface area contributed by atoms with E-state index < -0.39 is 12.1 Å². The fourth-order valence-corrected chi connectivity index (χ4v) is 10.6. The van der Waals surface area contributed by atoms with E-state index in [1.807, 2.05) is 6.08 Å². The van der Waals surface area contributed by atoms with Gasteiger partial charge in [-0.15, -0.1) is 0 Å². The molecule has 6 nitrogen and oxygen atoms in total. The number of unbranched alkanes of at least 4 members (excludes halogenated alkanes) is 47. The Morgan fingerprint density at radius 1 is 0.364 bits per heavy atom. The number of rotatable bonds is 64. The number of allylic oxidation sites excluding steroid dienone is 7. The number of nitrogens with one attached hydrogen (secondary N) is 1. The van der Waals surface area contributed by atoms with Gasteiger partial charge in [-0.1, -0.05) is 319 Å². The highest BCUT2D eigenvalue weighted by atomic mass is 16.5. The van der Waals surface area contributed by atoms with E-state index in [-0.39, 0.29) is 18.5 Å². The molecule has 0 aromatic rings. The number of amides is 1. The highest BCUT2D eigenvalue weighted by molar-refractivity contribution is 5.76. The summed E-state index contributed by atoms with van der Waals surface area (Å²) in [6, 6.07) is -0.627. The van der Waals surface area contributed by atoms with Crippen molar-refractivity contribution in [2.75, 3.05) is 13.2 Å². The van der Waals surface area contributed by atoms with Gasteiger partial charge in [0, 0.05) is 12.8 Å². The molecule has 0 saturated heterocycles. The van der Waals surface area contributed by atoms with Crippen LogP contribution in [0.5, 0.6) is 0 Å². The average molecular weight is 1080 g/mol. The van der Waals surface area contributed by atoms with E-state index in [0.717, 1.165) is 51.4 Å². The molecule has 0 aromatic carbocycles. The van der Waals surface area contributed by atoms with E-state index in [1.54, 1.807) is 6.08 Å². The van der Waals surface area contributed by atoms with Crippen LogP contribution >= 0.6 is 0 Å².